The van der Waals surface area contributed by atoms with Crippen LogP contribution in [0.15, 0.2) is 18.2 Å². The van der Waals surface area contributed by atoms with Gasteiger partial charge in [0.15, 0.2) is 11.6 Å². The monoisotopic (exact) mass is 256 g/mol. The molecule has 0 fully saturated rings. The first-order chi connectivity index (χ1) is 8.45. The maximum Gasteiger partial charge on any atom is 0.227 e. The van der Waals surface area contributed by atoms with Gasteiger partial charge in [-0.15, -0.1) is 0 Å². The molecular formula is C13H18F2N2O. The molecule has 0 aromatic heterocycles. The van der Waals surface area contributed by atoms with Crippen LogP contribution in [0.3, 0.4) is 0 Å². The van der Waals surface area contributed by atoms with E-state index in [-0.39, 0.29) is 11.9 Å². The maximum absolute atomic E-state index is 13.1. The van der Waals surface area contributed by atoms with Gasteiger partial charge in [0.25, 0.3) is 0 Å². The molecule has 1 rings (SSSR count). The minimum Gasteiger partial charge on any atom is -0.354 e. The van der Waals surface area contributed by atoms with E-state index >= 15 is 0 Å². The van der Waals surface area contributed by atoms with Gasteiger partial charge in [0.2, 0.25) is 5.91 Å². The molecule has 0 radical (unpaired) electrons. The van der Waals surface area contributed by atoms with E-state index < -0.39 is 17.6 Å². The topological polar surface area (TPSA) is 41.1 Å². The molecule has 0 aliphatic carbocycles. The van der Waals surface area contributed by atoms with Gasteiger partial charge in [0.1, 0.15) is 0 Å². The zero-order valence-electron chi connectivity index (χ0n) is 10.8. The predicted molar refractivity (Wildman–Crippen MR) is 66.3 cm³/mol. The van der Waals surface area contributed by atoms with E-state index in [2.05, 4.69) is 10.6 Å². The van der Waals surface area contributed by atoms with E-state index in [1.807, 2.05) is 6.92 Å². The number of carbonyl (C=O) groups is 1. The van der Waals surface area contributed by atoms with E-state index in [0.717, 1.165) is 12.1 Å². The fourth-order valence-electron chi connectivity index (χ4n) is 1.44. The van der Waals surface area contributed by atoms with Crippen LogP contribution in [0, 0.1) is 11.6 Å². The Balaban J connectivity index is 2.65. The Morgan fingerprint density at radius 2 is 1.94 bits per heavy atom. The van der Waals surface area contributed by atoms with Gasteiger partial charge in [0, 0.05) is 12.6 Å². The number of halogens is 2. The van der Waals surface area contributed by atoms with E-state index in [1.165, 1.54) is 6.07 Å². The molecule has 3 nitrogen and oxygen atoms in total. The highest BCUT2D eigenvalue weighted by Gasteiger charge is 2.17. The van der Waals surface area contributed by atoms with E-state index in [9.17, 15) is 13.6 Å². The average Bonchev–Trinajstić information content (AvgIpc) is 2.37. The largest absolute Gasteiger partial charge is 0.354 e. The molecule has 2 unspecified atom stereocenters. The number of benzene rings is 1. The first kappa shape index (κ1) is 14.6. The van der Waals surface area contributed by atoms with Crippen molar-refractivity contribution in [2.45, 2.75) is 25.8 Å². The van der Waals surface area contributed by atoms with Crippen LogP contribution >= 0.6 is 0 Å². The number of hydrogen-bond acceptors (Lipinski definition) is 2. The summed E-state index contributed by atoms with van der Waals surface area (Å²) in [6, 6.07) is 3.67. The van der Waals surface area contributed by atoms with Crippen molar-refractivity contribution < 1.29 is 13.6 Å². The zero-order valence-corrected chi connectivity index (χ0v) is 10.8. The van der Waals surface area contributed by atoms with Gasteiger partial charge >= 0.3 is 0 Å². The maximum atomic E-state index is 13.1. The summed E-state index contributed by atoms with van der Waals surface area (Å²) in [6.45, 7) is 4.08. The highest BCUT2D eigenvalue weighted by Crippen LogP contribution is 2.18. The lowest BCUT2D eigenvalue weighted by Gasteiger charge is -2.15. The van der Waals surface area contributed by atoms with E-state index in [0.29, 0.717) is 12.1 Å². The molecule has 100 valence electrons. The van der Waals surface area contributed by atoms with Crippen molar-refractivity contribution in [2.24, 2.45) is 0 Å². The SMILES string of the molecule is CNC(C)CNC(=O)C(C)c1ccc(F)c(F)c1. The predicted octanol–water partition coefficient (Wildman–Crippen LogP) is 1.79. The summed E-state index contributed by atoms with van der Waals surface area (Å²) in [5.74, 6) is -2.56. The summed E-state index contributed by atoms with van der Waals surface area (Å²) >= 11 is 0. The summed E-state index contributed by atoms with van der Waals surface area (Å²) in [6.07, 6.45) is 0. The van der Waals surface area contributed by atoms with Gasteiger partial charge in [-0.3, -0.25) is 4.79 Å². The minimum atomic E-state index is -0.934. The Kier molecular flexibility index (Phi) is 5.22. The highest BCUT2D eigenvalue weighted by atomic mass is 19.2. The Morgan fingerprint density at radius 1 is 1.28 bits per heavy atom. The summed E-state index contributed by atoms with van der Waals surface area (Å²) in [5, 5.41) is 5.74. The van der Waals surface area contributed by atoms with Crippen molar-refractivity contribution in [1.29, 1.82) is 0 Å². The van der Waals surface area contributed by atoms with Crippen molar-refractivity contribution in [1.82, 2.24) is 10.6 Å². The number of hydrogen-bond donors (Lipinski definition) is 2. The number of nitrogens with one attached hydrogen (secondary N) is 2. The number of likely N-dealkylation sites (N-methyl/N-ethyl adjacent to an activating group) is 1. The third kappa shape index (κ3) is 3.77. The second kappa shape index (κ2) is 6.44. The lowest BCUT2D eigenvalue weighted by Crippen LogP contribution is -2.38. The fourth-order valence-corrected chi connectivity index (χ4v) is 1.44. The molecule has 0 saturated heterocycles. The second-order valence-electron chi connectivity index (χ2n) is 4.33. The van der Waals surface area contributed by atoms with Gasteiger partial charge in [-0.1, -0.05) is 6.07 Å². The molecule has 0 bridgehead atoms. The average molecular weight is 256 g/mol. The number of rotatable bonds is 5. The second-order valence-corrected chi connectivity index (χ2v) is 4.33. The van der Waals surface area contributed by atoms with Gasteiger partial charge in [-0.05, 0) is 38.6 Å². The van der Waals surface area contributed by atoms with Crippen molar-refractivity contribution in [3.05, 3.63) is 35.4 Å². The molecule has 0 aliphatic heterocycles. The number of amides is 1. The van der Waals surface area contributed by atoms with Crippen LogP contribution in [0.5, 0.6) is 0 Å². The fraction of sp³-hybridized carbons (Fsp3) is 0.462. The van der Waals surface area contributed by atoms with Crippen LogP contribution < -0.4 is 10.6 Å². The van der Waals surface area contributed by atoms with Crippen LogP contribution in [0.1, 0.15) is 25.3 Å². The minimum absolute atomic E-state index is 0.158. The van der Waals surface area contributed by atoms with E-state index in [4.69, 9.17) is 0 Å². The molecular weight excluding hydrogens is 238 g/mol. The molecule has 1 aromatic carbocycles. The van der Waals surface area contributed by atoms with Crippen LogP contribution in [-0.2, 0) is 4.79 Å². The van der Waals surface area contributed by atoms with Gasteiger partial charge in [-0.25, -0.2) is 8.78 Å². The molecule has 2 N–H and O–H groups in total. The lowest BCUT2D eigenvalue weighted by molar-refractivity contribution is -0.122. The molecule has 0 aliphatic rings. The van der Waals surface area contributed by atoms with Crippen molar-refractivity contribution in [2.75, 3.05) is 13.6 Å². The Bertz CT molecular complexity index is 423. The van der Waals surface area contributed by atoms with Gasteiger partial charge in [-0.2, -0.15) is 0 Å². The molecule has 5 heteroatoms. The van der Waals surface area contributed by atoms with Crippen molar-refractivity contribution in [3.8, 4) is 0 Å². The highest BCUT2D eigenvalue weighted by molar-refractivity contribution is 5.83. The molecule has 0 saturated carbocycles. The smallest absolute Gasteiger partial charge is 0.227 e. The van der Waals surface area contributed by atoms with Crippen LogP contribution in [0.25, 0.3) is 0 Å². The van der Waals surface area contributed by atoms with Crippen molar-refractivity contribution >= 4 is 5.91 Å². The lowest BCUT2D eigenvalue weighted by atomic mass is 10.00. The van der Waals surface area contributed by atoms with Crippen LogP contribution in [0.4, 0.5) is 8.78 Å². The van der Waals surface area contributed by atoms with Gasteiger partial charge in [0.05, 0.1) is 5.92 Å². The first-order valence-electron chi connectivity index (χ1n) is 5.85. The van der Waals surface area contributed by atoms with E-state index in [1.54, 1.807) is 14.0 Å². The summed E-state index contributed by atoms with van der Waals surface area (Å²) in [5.41, 5.74) is 0.462. The molecule has 1 amide bonds. The molecule has 1 aromatic rings. The third-order valence-corrected chi connectivity index (χ3v) is 2.91. The van der Waals surface area contributed by atoms with Crippen LogP contribution in [-0.4, -0.2) is 25.5 Å². The first-order valence-corrected chi connectivity index (χ1v) is 5.85. The summed E-state index contributed by atoms with van der Waals surface area (Å²) in [7, 11) is 1.80. The van der Waals surface area contributed by atoms with Crippen LogP contribution in [0.2, 0.25) is 0 Å². The third-order valence-electron chi connectivity index (χ3n) is 2.91. The molecule has 18 heavy (non-hydrogen) atoms. The van der Waals surface area contributed by atoms with Gasteiger partial charge < -0.3 is 10.6 Å². The zero-order chi connectivity index (χ0) is 13.7. The molecule has 0 spiro atoms. The Morgan fingerprint density at radius 3 is 2.50 bits per heavy atom. The normalized spacial score (nSPS) is 14.1. The summed E-state index contributed by atoms with van der Waals surface area (Å²) < 4.78 is 25.8. The number of carbonyl (C=O) groups excluding carboxylic acids is 1. The molecule has 0 heterocycles. The van der Waals surface area contributed by atoms with Crippen molar-refractivity contribution in [3.63, 3.8) is 0 Å². The Hall–Kier alpha value is -1.49. The summed E-state index contributed by atoms with van der Waals surface area (Å²) in [4.78, 5) is 11.8. The quantitative estimate of drug-likeness (QED) is 0.843. The molecule has 2 atom stereocenters. The standard InChI is InChI=1S/C13H18F2N2O/c1-8(16-3)7-17-13(18)9(2)10-4-5-11(14)12(15)6-10/h4-6,8-9,16H,7H2,1-3H3,(H,17,18). The Labute approximate surface area is 106 Å².